The first-order valence-corrected chi connectivity index (χ1v) is 28.9. The van der Waals surface area contributed by atoms with Gasteiger partial charge in [0.15, 0.2) is 0 Å². The molecule has 0 unspecified atom stereocenters. The van der Waals surface area contributed by atoms with Crippen LogP contribution in [0.25, 0.3) is 110 Å². The van der Waals surface area contributed by atoms with Gasteiger partial charge in [-0.3, -0.25) is 0 Å². The van der Waals surface area contributed by atoms with Gasteiger partial charge in [0.25, 0.3) is 0 Å². The van der Waals surface area contributed by atoms with E-state index in [1.165, 1.54) is 16.7 Å². The van der Waals surface area contributed by atoms with Crippen LogP contribution in [0, 0.1) is 0 Å². The van der Waals surface area contributed by atoms with Gasteiger partial charge in [-0.2, -0.15) is 0 Å². The van der Waals surface area contributed by atoms with E-state index in [1.807, 2.05) is 109 Å². The summed E-state index contributed by atoms with van der Waals surface area (Å²) in [5.41, 5.74) is 17.4. The first-order valence-electron chi connectivity index (χ1n) is 28.9. The lowest BCUT2D eigenvalue weighted by Gasteiger charge is -2.26. The van der Waals surface area contributed by atoms with Gasteiger partial charge in [-0.1, -0.05) is 212 Å². The van der Waals surface area contributed by atoms with Gasteiger partial charge in [0.2, 0.25) is 0 Å². The second kappa shape index (κ2) is 22.4. The lowest BCUT2D eigenvalue weighted by atomic mass is 10.0. The van der Waals surface area contributed by atoms with Gasteiger partial charge in [-0.05, 0) is 153 Å². The third kappa shape index (κ3) is 9.95. The molecule has 0 saturated heterocycles. The second-order valence-electron chi connectivity index (χ2n) is 21.5. The first kappa shape index (κ1) is 52.0. The minimum atomic E-state index is -0.329. The van der Waals surface area contributed by atoms with E-state index in [0.717, 1.165) is 105 Å². The molecule has 7 heteroatoms. The highest BCUT2D eigenvalue weighted by atomic mass is 16.4. The zero-order valence-electron chi connectivity index (χ0n) is 47.0. The summed E-state index contributed by atoms with van der Waals surface area (Å²) in [4.78, 5) is 29.8. The maximum absolute atomic E-state index is 12.7. The molecule has 0 amide bonds. The Morgan fingerprint density at radius 2 is 0.517 bits per heavy atom. The van der Waals surface area contributed by atoms with Gasteiger partial charge in [0.1, 0.15) is 22.3 Å². The van der Waals surface area contributed by atoms with Crippen LogP contribution in [-0.4, -0.2) is 0 Å². The predicted octanol–water partition coefficient (Wildman–Crippen LogP) is 21.4. The average molecular weight is 1120 g/mol. The maximum atomic E-state index is 12.7. The van der Waals surface area contributed by atoms with Crippen molar-refractivity contribution in [2.45, 2.75) is 0 Å². The van der Waals surface area contributed by atoms with Crippen molar-refractivity contribution in [3.63, 3.8) is 0 Å². The number of furan rings is 1. The summed E-state index contributed by atoms with van der Waals surface area (Å²) in [5, 5.41) is 6.92. The fourth-order valence-corrected chi connectivity index (χ4v) is 12.0. The molecular formula is C80H52N2O5. The van der Waals surface area contributed by atoms with Crippen molar-refractivity contribution in [3.8, 4) is 44.5 Å². The van der Waals surface area contributed by atoms with E-state index in [0.29, 0.717) is 21.9 Å². The molecular weight excluding hydrogens is 1070 g/mol. The number of anilines is 6. The predicted molar refractivity (Wildman–Crippen MR) is 358 cm³/mol. The van der Waals surface area contributed by atoms with Crippen molar-refractivity contribution in [2.75, 3.05) is 9.80 Å². The summed E-state index contributed by atoms with van der Waals surface area (Å²) < 4.78 is 17.7. The molecule has 3 heterocycles. The van der Waals surface area contributed by atoms with Crippen LogP contribution in [0.3, 0.4) is 0 Å². The van der Waals surface area contributed by atoms with E-state index in [9.17, 15) is 9.59 Å². The normalized spacial score (nSPS) is 11.3. The van der Waals surface area contributed by atoms with Gasteiger partial charge in [0, 0.05) is 61.2 Å². The second-order valence-corrected chi connectivity index (χ2v) is 21.5. The average Bonchev–Trinajstić information content (AvgIpc) is 2.20. The number of hydrogen-bond donors (Lipinski definition) is 0. The van der Waals surface area contributed by atoms with E-state index < -0.39 is 0 Å². The molecule has 13 aromatic carbocycles. The number of fused-ring (bicyclic) bond motifs is 9. The fourth-order valence-electron chi connectivity index (χ4n) is 12.0. The largest absolute Gasteiger partial charge is 0.455 e. The van der Waals surface area contributed by atoms with E-state index >= 15 is 0 Å². The topological polar surface area (TPSA) is 80.0 Å². The molecule has 0 aliphatic carbocycles. The highest BCUT2D eigenvalue weighted by molar-refractivity contribution is 6.10. The summed E-state index contributed by atoms with van der Waals surface area (Å²) >= 11 is 0. The van der Waals surface area contributed by atoms with Crippen molar-refractivity contribution in [3.05, 3.63) is 336 Å². The summed E-state index contributed by atoms with van der Waals surface area (Å²) in [6.07, 6.45) is 0. The van der Waals surface area contributed by atoms with E-state index in [-0.39, 0.29) is 11.3 Å². The SMILES string of the molecule is O=c1oc2ccc(N(c3ccc(-c4ccccc4)cc3)c3ccc(-c4cccc5c4oc4ccccc45)cc3)cc2c2ccccc12.O=c1oc2ccc(N(c3ccc(-c4ccccc4)cc3)c3ccc(-c4ccccc4)cc3)cc2c2ccccc12. The van der Waals surface area contributed by atoms with Crippen molar-refractivity contribution >= 4 is 99.5 Å². The summed E-state index contributed by atoms with van der Waals surface area (Å²) in [6.45, 7) is 0. The zero-order valence-corrected chi connectivity index (χ0v) is 47.0. The molecule has 16 rings (SSSR count). The lowest BCUT2D eigenvalue weighted by Crippen LogP contribution is -2.10. The van der Waals surface area contributed by atoms with Crippen LogP contribution < -0.4 is 21.1 Å². The minimum Gasteiger partial charge on any atom is -0.455 e. The molecule has 0 bridgehead atoms. The minimum absolute atomic E-state index is 0.319. The number of nitrogens with zero attached hydrogens (tertiary/aromatic N) is 2. The molecule has 0 N–H and O–H groups in total. The summed E-state index contributed by atoms with van der Waals surface area (Å²) in [7, 11) is 0. The van der Waals surface area contributed by atoms with Crippen LogP contribution in [0.5, 0.6) is 0 Å². The highest BCUT2D eigenvalue weighted by Gasteiger charge is 2.20. The molecule has 7 nitrogen and oxygen atoms in total. The van der Waals surface area contributed by atoms with Crippen molar-refractivity contribution in [2.24, 2.45) is 0 Å². The lowest BCUT2D eigenvalue weighted by molar-refractivity contribution is 0.569. The van der Waals surface area contributed by atoms with E-state index in [2.05, 4.69) is 216 Å². The van der Waals surface area contributed by atoms with Gasteiger partial charge in [-0.25, -0.2) is 9.59 Å². The number of hydrogen-bond acceptors (Lipinski definition) is 7. The van der Waals surface area contributed by atoms with Crippen molar-refractivity contribution < 1.29 is 13.3 Å². The highest BCUT2D eigenvalue weighted by Crippen LogP contribution is 2.43. The zero-order chi connectivity index (χ0) is 58.2. The van der Waals surface area contributed by atoms with Crippen LogP contribution in [0.4, 0.5) is 34.1 Å². The fraction of sp³-hybridized carbons (Fsp3) is 0. The molecule has 16 aromatic rings. The van der Waals surface area contributed by atoms with Gasteiger partial charge in [-0.15, -0.1) is 0 Å². The Morgan fingerprint density at radius 1 is 0.207 bits per heavy atom. The Bertz CT molecular complexity index is 5210. The number of benzene rings is 13. The third-order valence-corrected chi connectivity index (χ3v) is 16.3. The monoisotopic (exact) mass is 1120 g/mol. The molecule has 412 valence electrons. The Kier molecular flexibility index (Phi) is 13.4. The smallest absolute Gasteiger partial charge is 0.344 e. The van der Waals surface area contributed by atoms with Crippen molar-refractivity contribution in [1.29, 1.82) is 0 Å². The van der Waals surface area contributed by atoms with E-state index in [4.69, 9.17) is 13.3 Å². The molecule has 0 saturated carbocycles. The van der Waals surface area contributed by atoms with Crippen LogP contribution in [0.15, 0.2) is 338 Å². The molecule has 0 aliphatic heterocycles. The molecule has 0 aliphatic rings. The van der Waals surface area contributed by atoms with Crippen LogP contribution in [0.1, 0.15) is 0 Å². The number of rotatable bonds is 10. The third-order valence-electron chi connectivity index (χ3n) is 16.3. The van der Waals surface area contributed by atoms with Crippen LogP contribution >= 0.6 is 0 Å². The Morgan fingerprint density at radius 3 is 0.931 bits per heavy atom. The Hall–Kier alpha value is -11.8. The van der Waals surface area contributed by atoms with Gasteiger partial charge < -0.3 is 23.1 Å². The van der Waals surface area contributed by atoms with Crippen LogP contribution in [-0.2, 0) is 0 Å². The maximum Gasteiger partial charge on any atom is 0.344 e. The summed E-state index contributed by atoms with van der Waals surface area (Å²) in [6, 6.07) is 107. The standard InChI is InChI=1S/C43H27NO3.C37H25NO2/c45-43-38-13-5-4-11-35(38)39-27-33(25-26-41(39)47-43)44(31-21-17-29(18-22-31)28-9-2-1-3-10-28)32-23-19-30(20-24-32)34-14-8-15-37-36-12-6-7-16-40(36)46-42(34)37;39-37-34-14-8-7-13-33(34)35-25-32(23-24-36(35)40-37)38(30-19-15-28(16-20-30)26-9-3-1-4-10-26)31-21-17-29(18-22-31)27-11-5-2-6-12-27/h1-27H;1-25H. The molecule has 0 radical (unpaired) electrons. The van der Waals surface area contributed by atoms with E-state index in [1.54, 1.807) is 0 Å². The Balaban J connectivity index is 0.000000149. The molecule has 0 spiro atoms. The van der Waals surface area contributed by atoms with Crippen molar-refractivity contribution in [1.82, 2.24) is 0 Å². The summed E-state index contributed by atoms with van der Waals surface area (Å²) in [5.74, 6) is 0. The molecule has 87 heavy (non-hydrogen) atoms. The number of para-hydroxylation sites is 2. The first-order chi connectivity index (χ1) is 43.0. The Labute approximate surface area is 500 Å². The molecule has 0 atom stereocenters. The van der Waals surface area contributed by atoms with Crippen LogP contribution in [0.2, 0.25) is 0 Å². The molecule has 0 fully saturated rings. The molecule has 3 aromatic heterocycles. The van der Waals surface area contributed by atoms with Gasteiger partial charge >= 0.3 is 11.3 Å². The van der Waals surface area contributed by atoms with Gasteiger partial charge in [0.05, 0.1) is 10.8 Å². The quantitative estimate of drug-likeness (QED) is 0.0997.